The van der Waals surface area contributed by atoms with E-state index in [9.17, 15) is 5.26 Å². The van der Waals surface area contributed by atoms with Crippen LogP contribution in [0.15, 0.2) is 48.5 Å². The lowest BCUT2D eigenvalue weighted by Crippen LogP contribution is -2.46. The number of rotatable bonds is 5. The topological polar surface area (TPSA) is 68.2 Å². The van der Waals surface area contributed by atoms with Crippen molar-refractivity contribution in [1.29, 1.82) is 5.26 Å². The van der Waals surface area contributed by atoms with E-state index in [0.717, 1.165) is 42.8 Å². The van der Waals surface area contributed by atoms with E-state index in [2.05, 4.69) is 50.1 Å². The molecule has 4 rings (SSSR count). The van der Waals surface area contributed by atoms with E-state index in [1.165, 1.54) is 5.69 Å². The Hall–Kier alpha value is -3.14. The lowest BCUT2D eigenvalue weighted by molar-refractivity contribution is 0.0596. The molecule has 0 bridgehead atoms. The Kier molecular flexibility index (Phi) is 5.38. The van der Waals surface area contributed by atoms with E-state index in [-0.39, 0.29) is 0 Å². The summed E-state index contributed by atoms with van der Waals surface area (Å²) in [6.07, 6.45) is 1.87. The Bertz CT molecular complexity index is 974. The highest BCUT2D eigenvalue weighted by Crippen LogP contribution is 2.22. The highest BCUT2D eigenvalue weighted by molar-refractivity contribution is 5.90. The van der Waals surface area contributed by atoms with Gasteiger partial charge in [0.15, 0.2) is 0 Å². The monoisotopic (exact) mass is 373 g/mol. The van der Waals surface area contributed by atoms with E-state index < -0.39 is 0 Å². The first kappa shape index (κ1) is 18.2. The fourth-order valence-electron chi connectivity index (χ4n) is 3.50. The van der Waals surface area contributed by atoms with Crippen LogP contribution in [-0.4, -0.2) is 54.9 Å². The quantitative estimate of drug-likeness (QED) is 0.695. The second-order valence-corrected chi connectivity index (χ2v) is 6.89. The standard InChI is InChI=1S/C22H23N5O/c1-28-16-26-10-12-27(13-11-26)19-8-6-17(7-9-19)14-18(15-23)22-24-20-4-2-3-5-21(20)25-22/h2-9,14H,10-13,16H2,1H3,(H,24,25)/b18-14+. The molecule has 0 atom stereocenters. The van der Waals surface area contributed by atoms with Crippen molar-refractivity contribution in [1.82, 2.24) is 14.9 Å². The molecule has 6 heteroatoms. The average Bonchev–Trinajstić information content (AvgIpc) is 3.17. The van der Waals surface area contributed by atoms with Crippen molar-refractivity contribution in [2.45, 2.75) is 0 Å². The number of nitrogens with one attached hydrogen (secondary N) is 1. The fraction of sp³-hybridized carbons (Fsp3) is 0.273. The summed E-state index contributed by atoms with van der Waals surface area (Å²) in [6.45, 7) is 4.67. The summed E-state index contributed by atoms with van der Waals surface area (Å²) in [6, 6.07) is 18.4. The van der Waals surface area contributed by atoms with Crippen LogP contribution in [0.1, 0.15) is 11.4 Å². The minimum absolute atomic E-state index is 0.525. The molecule has 28 heavy (non-hydrogen) atoms. The van der Waals surface area contributed by atoms with Crippen LogP contribution in [0.25, 0.3) is 22.7 Å². The molecule has 0 saturated carbocycles. The molecule has 6 nitrogen and oxygen atoms in total. The molecule has 2 aromatic carbocycles. The van der Waals surface area contributed by atoms with E-state index in [1.807, 2.05) is 30.3 Å². The van der Waals surface area contributed by atoms with Crippen molar-refractivity contribution in [2.75, 3.05) is 44.9 Å². The fourth-order valence-corrected chi connectivity index (χ4v) is 3.50. The van der Waals surface area contributed by atoms with E-state index in [1.54, 1.807) is 7.11 Å². The van der Waals surface area contributed by atoms with Crippen molar-refractivity contribution in [2.24, 2.45) is 0 Å². The highest BCUT2D eigenvalue weighted by Gasteiger charge is 2.16. The number of aromatic amines is 1. The maximum atomic E-state index is 9.59. The van der Waals surface area contributed by atoms with Gasteiger partial charge in [0.05, 0.1) is 23.3 Å². The molecule has 1 aliphatic heterocycles. The maximum Gasteiger partial charge on any atom is 0.149 e. The number of benzene rings is 2. The summed E-state index contributed by atoms with van der Waals surface area (Å²) in [5, 5.41) is 9.59. The van der Waals surface area contributed by atoms with Crippen molar-refractivity contribution in [3.63, 3.8) is 0 Å². The molecular formula is C22H23N5O. The number of aromatic nitrogens is 2. The Labute approximate surface area is 164 Å². The first-order valence-electron chi connectivity index (χ1n) is 9.40. The molecule has 1 saturated heterocycles. The third-order valence-electron chi connectivity index (χ3n) is 5.02. The number of ether oxygens (including phenoxy) is 1. The number of fused-ring (bicyclic) bond motifs is 1. The van der Waals surface area contributed by atoms with Crippen molar-refractivity contribution >= 4 is 28.4 Å². The summed E-state index contributed by atoms with van der Waals surface area (Å²) >= 11 is 0. The zero-order chi connectivity index (χ0) is 19.3. The molecule has 1 aliphatic rings. The molecule has 2 heterocycles. The highest BCUT2D eigenvalue weighted by atomic mass is 16.5. The lowest BCUT2D eigenvalue weighted by Gasteiger charge is -2.35. The number of nitrogens with zero attached hydrogens (tertiary/aromatic N) is 4. The van der Waals surface area contributed by atoms with Gasteiger partial charge < -0.3 is 14.6 Å². The largest absolute Gasteiger partial charge is 0.369 e. The van der Waals surface area contributed by atoms with Gasteiger partial charge in [0.2, 0.25) is 0 Å². The van der Waals surface area contributed by atoms with Gasteiger partial charge in [-0.25, -0.2) is 4.98 Å². The Morgan fingerprint density at radius 3 is 2.57 bits per heavy atom. The van der Waals surface area contributed by atoms with Gasteiger partial charge in [-0.1, -0.05) is 24.3 Å². The summed E-state index contributed by atoms with van der Waals surface area (Å²) < 4.78 is 5.21. The molecule has 0 radical (unpaired) electrons. The number of methoxy groups -OCH3 is 1. The van der Waals surface area contributed by atoms with Gasteiger partial charge in [0.1, 0.15) is 11.9 Å². The molecule has 0 amide bonds. The summed E-state index contributed by atoms with van der Waals surface area (Å²) in [7, 11) is 1.74. The van der Waals surface area contributed by atoms with E-state index in [4.69, 9.17) is 4.74 Å². The zero-order valence-electron chi connectivity index (χ0n) is 15.9. The van der Waals surface area contributed by atoms with Crippen LogP contribution in [0.3, 0.4) is 0 Å². The smallest absolute Gasteiger partial charge is 0.149 e. The first-order chi connectivity index (χ1) is 13.8. The Balaban J connectivity index is 1.49. The first-order valence-corrected chi connectivity index (χ1v) is 9.40. The van der Waals surface area contributed by atoms with Crippen LogP contribution >= 0.6 is 0 Å². The zero-order valence-corrected chi connectivity index (χ0v) is 15.9. The van der Waals surface area contributed by atoms with Crippen LogP contribution in [0.5, 0.6) is 0 Å². The number of hydrogen-bond acceptors (Lipinski definition) is 5. The molecule has 1 aromatic heterocycles. The summed E-state index contributed by atoms with van der Waals surface area (Å²) in [4.78, 5) is 12.4. The number of imidazole rings is 1. The number of H-pyrrole nitrogens is 1. The summed E-state index contributed by atoms with van der Waals surface area (Å²) in [5.41, 5.74) is 4.51. The SMILES string of the molecule is COCN1CCN(c2ccc(/C=C(\C#N)c3nc4ccccc4[nH]3)cc2)CC1. The van der Waals surface area contributed by atoms with Crippen molar-refractivity contribution < 1.29 is 4.74 Å². The van der Waals surface area contributed by atoms with Gasteiger partial charge in [-0.05, 0) is 35.9 Å². The van der Waals surface area contributed by atoms with Crippen LogP contribution in [-0.2, 0) is 4.74 Å². The summed E-state index contributed by atoms with van der Waals surface area (Å²) in [5.74, 6) is 0.599. The van der Waals surface area contributed by atoms with Gasteiger partial charge in [-0.2, -0.15) is 5.26 Å². The normalized spacial score (nSPS) is 15.7. The predicted molar refractivity (Wildman–Crippen MR) is 112 cm³/mol. The van der Waals surface area contributed by atoms with Crippen LogP contribution < -0.4 is 4.90 Å². The number of hydrogen-bond donors (Lipinski definition) is 1. The molecule has 0 unspecified atom stereocenters. The number of piperazine rings is 1. The van der Waals surface area contributed by atoms with Crippen LogP contribution in [0.2, 0.25) is 0 Å². The minimum Gasteiger partial charge on any atom is -0.369 e. The van der Waals surface area contributed by atoms with Crippen molar-refractivity contribution in [3.8, 4) is 6.07 Å². The predicted octanol–water partition coefficient (Wildman–Crippen LogP) is 3.35. The number of anilines is 1. The maximum absolute atomic E-state index is 9.59. The van der Waals surface area contributed by atoms with Crippen LogP contribution in [0.4, 0.5) is 5.69 Å². The van der Waals surface area contributed by atoms with Gasteiger partial charge in [-0.15, -0.1) is 0 Å². The third kappa shape index (κ3) is 3.91. The van der Waals surface area contributed by atoms with Gasteiger partial charge >= 0.3 is 0 Å². The second kappa shape index (κ2) is 8.26. The molecule has 1 fully saturated rings. The molecule has 0 spiro atoms. The average molecular weight is 373 g/mol. The molecular weight excluding hydrogens is 350 g/mol. The third-order valence-corrected chi connectivity index (χ3v) is 5.02. The van der Waals surface area contributed by atoms with Crippen molar-refractivity contribution in [3.05, 3.63) is 59.9 Å². The van der Waals surface area contributed by atoms with Gasteiger partial charge in [0, 0.05) is 39.0 Å². The van der Waals surface area contributed by atoms with Gasteiger partial charge in [-0.3, -0.25) is 4.90 Å². The number of allylic oxidation sites excluding steroid dienone is 1. The molecule has 0 aliphatic carbocycles. The van der Waals surface area contributed by atoms with E-state index in [0.29, 0.717) is 18.1 Å². The Morgan fingerprint density at radius 2 is 1.89 bits per heavy atom. The number of nitriles is 1. The van der Waals surface area contributed by atoms with Gasteiger partial charge in [0.25, 0.3) is 0 Å². The molecule has 3 aromatic rings. The minimum atomic E-state index is 0.525. The Morgan fingerprint density at radius 1 is 1.14 bits per heavy atom. The lowest BCUT2D eigenvalue weighted by atomic mass is 10.1. The van der Waals surface area contributed by atoms with Crippen LogP contribution in [0, 0.1) is 11.3 Å². The molecule has 1 N–H and O–H groups in total. The number of para-hydroxylation sites is 2. The van der Waals surface area contributed by atoms with E-state index >= 15 is 0 Å². The molecule has 142 valence electrons. The second-order valence-electron chi connectivity index (χ2n) is 6.89.